The Balaban J connectivity index is 2.19. The number of benzene rings is 1. The lowest BCUT2D eigenvalue weighted by atomic mass is 10.2. The van der Waals surface area contributed by atoms with Crippen molar-refractivity contribution in [3.63, 3.8) is 0 Å². The normalized spacial score (nSPS) is 12.6. The molecule has 1 heterocycles. The Labute approximate surface area is 101 Å². The van der Waals surface area contributed by atoms with Gasteiger partial charge >= 0.3 is 0 Å². The molecule has 0 spiro atoms. The second-order valence-electron chi connectivity index (χ2n) is 3.89. The summed E-state index contributed by atoms with van der Waals surface area (Å²) >= 11 is 5.96. The van der Waals surface area contributed by atoms with E-state index in [4.69, 9.17) is 11.6 Å². The maximum Gasteiger partial charge on any atom is 0.0648 e. The van der Waals surface area contributed by atoms with Crippen molar-refractivity contribution in [1.29, 1.82) is 0 Å². The number of aromatic nitrogens is 2. The number of alkyl halides is 1. The molecular formula is C13H15ClN2. The topological polar surface area (TPSA) is 17.8 Å². The quantitative estimate of drug-likeness (QED) is 0.742. The smallest absolute Gasteiger partial charge is 0.0648 e. The lowest BCUT2D eigenvalue weighted by Crippen LogP contribution is -2.04. The summed E-state index contributed by atoms with van der Waals surface area (Å²) in [5.74, 6) is 0. The third kappa shape index (κ3) is 2.64. The predicted molar refractivity (Wildman–Crippen MR) is 67.2 cm³/mol. The van der Waals surface area contributed by atoms with Gasteiger partial charge in [-0.05, 0) is 38.0 Å². The highest BCUT2D eigenvalue weighted by molar-refractivity contribution is 6.20. The van der Waals surface area contributed by atoms with E-state index in [2.05, 4.69) is 17.2 Å². The van der Waals surface area contributed by atoms with Crippen LogP contribution in [0.4, 0.5) is 0 Å². The number of rotatable bonds is 4. The third-order valence-electron chi connectivity index (χ3n) is 2.52. The summed E-state index contributed by atoms with van der Waals surface area (Å²) in [6.07, 6.45) is 3.76. The van der Waals surface area contributed by atoms with Crippen LogP contribution in [0.25, 0.3) is 5.69 Å². The zero-order chi connectivity index (χ0) is 11.4. The molecule has 84 valence electrons. The van der Waals surface area contributed by atoms with Gasteiger partial charge in [-0.3, -0.25) is 0 Å². The molecule has 0 aliphatic carbocycles. The van der Waals surface area contributed by atoms with E-state index in [0.717, 1.165) is 18.5 Å². The van der Waals surface area contributed by atoms with Gasteiger partial charge in [-0.15, -0.1) is 11.6 Å². The van der Waals surface area contributed by atoms with E-state index in [1.54, 1.807) is 0 Å². The van der Waals surface area contributed by atoms with Crippen LogP contribution >= 0.6 is 11.6 Å². The van der Waals surface area contributed by atoms with Gasteiger partial charge in [0.1, 0.15) is 0 Å². The van der Waals surface area contributed by atoms with Crippen LogP contribution in [0, 0.1) is 0 Å². The Kier molecular flexibility index (Phi) is 3.62. The molecule has 0 aliphatic rings. The fraction of sp³-hybridized carbons (Fsp3) is 0.308. The van der Waals surface area contributed by atoms with Gasteiger partial charge in [0, 0.05) is 17.3 Å². The number of halogens is 1. The molecular weight excluding hydrogens is 220 g/mol. The molecule has 0 aliphatic heterocycles. The van der Waals surface area contributed by atoms with Crippen LogP contribution in [0.2, 0.25) is 0 Å². The van der Waals surface area contributed by atoms with Crippen molar-refractivity contribution in [1.82, 2.24) is 9.78 Å². The molecule has 3 heteroatoms. The Morgan fingerprint density at radius 3 is 2.69 bits per heavy atom. The molecule has 1 atom stereocenters. The molecule has 0 fully saturated rings. The van der Waals surface area contributed by atoms with Crippen LogP contribution in [0.5, 0.6) is 0 Å². The molecule has 0 saturated carbocycles. The predicted octanol–water partition coefficient (Wildman–Crippen LogP) is 3.43. The first kappa shape index (κ1) is 11.2. The van der Waals surface area contributed by atoms with Gasteiger partial charge in [-0.2, -0.15) is 5.10 Å². The molecule has 1 unspecified atom stereocenters. The van der Waals surface area contributed by atoms with E-state index in [0.29, 0.717) is 0 Å². The molecule has 1 aromatic carbocycles. The monoisotopic (exact) mass is 234 g/mol. The zero-order valence-electron chi connectivity index (χ0n) is 9.31. The molecule has 16 heavy (non-hydrogen) atoms. The van der Waals surface area contributed by atoms with E-state index in [-0.39, 0.29) is 5.38 Å². The highest BCUT2D eigenvalue weighted by Gasteiger charge is 2.05. The minimum absolute atomic E-state index is 0.208. The largest absolute Gasteiger partial charge is 0.238 e. The third-order valence-corrected chi connectivity index (χ3v) is 2.74. The summed E-state index contributed by atoms with van der Waals surface area (Å²) in [5, 5.41) is 4.55. The van der Waals surface area contributed by atoms with Crippen molar-refractivity contribution in [3.05, 3.63) is 48.3 Å². The standard InChI is InChI=1S/C13H15ClN2/c1-11(14)7-8-13-9-10-15-16(13)12-5-3-2-4-6-12/h2-6,9-11H,7-8H2,1H3. The first-order valence-corrected chi connectivity index (χ1v) is 5.93. The summed E-state index contributed by atoms with van der Waals surface area (Å²) in [4.78, 5) is 0. The average Bonchev–Trinajstić information content (AvgIpc) is 2.75. The molecule has 0 saturated heterocycles. The van der Waals surface area contributed by atoms with Crippen LogP contribution in [0.1, 0.15) is 19.0 Å². The maximum atomic E-state index is 5.96. The minimum atomic E-state index is 0.208. The average molecular weight is 235 g/mol. The van der Waals surface area contributed by atoms with E-state index < -0.39 is 0 Å². The lowest BCUT2D eigenvalue weighted by molar-refractivity contribution is 0.733. The van der Waals surface area contributed by atoms with Crippen molar-refractivity contribution >= 4 is 11.6 Å². The molecule has 1 aromatic heterocycles. The van der Waals surface area contributed by atoms with E-state index in [9.17, 15) is 0 Å². The Morgan fingerprint density at radius 1 is 1.25 bits per heavy atom. The van der Waals surface area contributed by atoms with E-state index in [1.165, 1.54) is 5.69 Å². The molecule has 2 aromatic rings. The summed E-state index contributed by atoms with van der Waals surface area (Å²) in [5.41, 5.74) is 2.31. The van der Waals surface area contributed by atoms with Crippen LogP contribution in [-0.4, -0.2) is 15.2 Å². The summed E-state index contributed by atoms with van der Waals surface area (Å²) in [7, 11) is 0. The number of hydrogen-bond acceptors (Lipinski definition) is 1. The molecule has 2 nitrogen and oxygen atoms in total. The van der Waals surface area contributed by atoms with Gasteiger partial charge in [0.15, 0.2) is 0 Å². The first-order valence-electron chi connectivity index (χ1n) is 5.50. The second-order valence-corrected chi connectivity index (χ2v) is 4.63. The molecule has 2 rings (SSSR count). The van der Waals surface area contributed by atoms with Gasteiger partial charge in [0.05, 0.1) is 5.69 Å². The maximum absolute atomic E-state index is 5.96. The molecule has 0 N–H and O–H groups in total. The zero-order valence-corrected chi connectivity index (χ0v) is 10.1. The summed E-state index contributed by atoms with van der Waals surface area (Å²) in [6.45, 7) is 2.02. The molecule has 0 amide bonds. The van der Waals surface area contributed by atoms with Crippen LogP contribution in [-0.2, 0) is 6.42 Å². The number of aryl methyl sites for hydroxylation is 1. The number of hydrogen-bond donors (Lipinski definition) is 0. The second kappa shape index (κ2) is 5.17. The highest BCUT2D eigenvalue weighted by Crippen LogP contribution is 2.13. The van der Waals surface area contributed by atoms with Crippen molar-refractivity contribution in [2.24, 2.45) is 0 Å². The Hall–Kier alpha value is -1.28. The Morgan fingerprint density at radius 2 is 2.00 bits per heavy atom. The van der Waals surface area contributed by atoms with E-state index >= 15 is 0 Å². The summed E-state index contributed by atoms with van der Waals surface area (Å²) in [6, 6.07) is 12.2. The highest BCUT2D eigenvalue weighted by atomic mass is 35.5. The fourth-order valence-corrected chi connectivity index (χ4v) is 1.78. The minimum Gasteiger partial charge on any atom is -0.238 e. The van der Waals surface area contributed by atoms with Crippen molar-refractivity contribution in [2.45, 2.75) is 25.1 Å². The molecule has 0 bridgehead atoms. The van der Waals surface area contributed by atoms with Gasteiger partial charge in [-0.1, -0.05) is 18.2 Å². The van der Waals surface area contributed by atoms with E-state index in [1.807, 2.05) is 42.1 Å². The molecule has 0 radical (unpaired) electrons. The van der Waals surface area contributed by atoms with Crippen LogP contribution in [0.3, 0.4) is 0 Å². The van der Waals surface area contributed by atoms with Crippen molar-refractivity contribution in [2.75, 3.05) is 0 Å². The number of para-hydroxylation sites is 1. The van der Waals surface area contributed by atoms with Crippen molar-refractivity contribution in [3.8, 4) is 5.69 Å². The van der Waals surface area contributed by atoms with Gasteiger partial charge in [0.2, 0.25) is 0 Å². The number of nitrogens with zero attached hydrogens (tertiary/aromatic N) is 2. The van der Waals surface area contributed by atoms with Gasteiger partial charge < -0.3 is 0 Å². The summed E-state index contributed by atoms with van der Waals surface area (Å²) < 4.78 is 1.97. The van der Waals surface area contributed by atoms with Gasteiger partial charge in [-0.25, -0.2) is 4.68 Å². The van der Waals surface area contributed by atoms with Crippen LogP contribution < -0.4 is 0 Å². The van der Waals surface area contributed by atoms with Crippen molar-refractivity contribution < 1.29 is 0 Å². The SMILES string of the molecule is CC(Cl)CCc1ccnn1-c1ccccc1. The van der Waals surface area contributed by atoms with Gasteiger partial charge in [0.25, 0.3) is 0 Å². The van der Waals surface area contributed by atoms with Crippen LogP contribution in [0.15, 0.2) is 42.6 Å². The first-order chi connectivity index (χ1) is 7.77. The lowest BCUT2D eigenvalue weighted by Gasteiger charge is -2.07. The Bertz CT molecular complexity index is 434. The fourth-order valence-electron chi connectivity index (χ4n) is 1.67.